The molecule has 0 bridgehead atoms. The van der Waals surface area contributed by atoms with Crippen molar-refractivity contribution in [2.24, 2.45) is 5.92 Å². The minimum absolute atomic E-state index is 0.142. The van der Waals surface area contributed by atoms with Crippen LogP contribution in [0.4, 0.5) is 0 Å². The van der Waals surface area contributed by atoms with Gasteiger partial charge in [0.2, 0.25) is 5.91 Å². The molecular formula is C19H30N6O. The molecule has 0 radical (unpaired) electrons. The van der Waals surface area contributed by atoms with E-state index in [9.17, 15) is 4.79 Å². The first-order chi connectivity index (χ1) is 12.5. The van der Waals surface area contributed by atoms with Gasteiger partial charge in [0.15, 0.2) is 5.65 Å². The van der Waals surface area contributed by atoms with Gasteiger partial charge in [0.05, 0.1) is 12.2 Å². The molecule has 3 rings (SSSR count). The minimum Gasteiger partial charge on any atom is -0.342 e. The Morgan fingerprint density at radius 2 is 2.00 bits per heavy atom. The highest BCUT2D eigenvalue weighted by Gasteiger charge is 2.33. The summed E-state index contributed by atoms with van der Waals surface area (Å²) in [5, 5.41) is 4.85. The van der Waals surface area contributed by atoms with Crippen LogP contribution in [-0.4, -0.2) is 69.2 Å². The number of aromatic nitrogens is 4. The molecule has 1 unspecified atom stereocenters. The van der Waals surface area contributed by atoms with Crippen LogP contribution in [0.1, 0.15) is 44.7 Å². The average molecular weight is 358 g/mol. The van der Waals surface area contributed by atoms with Gasteiger partial charge >= 0.3 is 0 Å². The van der Waals surface area contributed by atoms with E-state index in [1.54, 1.807) is 12.4 Å². The fourth-order valence-corrected chi connectivity index (χ4v) is 3.73. The first kappa shape index (κ1) is 18.8. The first-order valence-corrected chi connectivity index (χ1v) is 9.66. The Bertz CT molecular complexity index is 752. The van der Waals surface area contributed by atoms with Crippen LogP contribution in [0.3, 0.4) is 0 Å². The van der Waals surface area contributed by atoms with Gasteiger partial charge in [-0.05, 0) is 33.4 Å². The van der Waals surface area contributed by atoms with E-state index in [1.807, 2.05) is 9.58 Å². The molecule has 1 aliphatic heterocycles. The zero-order valence-electron chi connectivity index (χ0n) is 16.4. The predicted octanol–water partition coefficient (Wildman–Crippen LogP) is 2.14. The van der Waals surface area contributed by atoms with Gasteiger partial charge in [0, 0.05) is 43.9 Å². The van der Waals surface area contributed by atoms with Crippen LogP contribution < -0.4 is 0 Å². The van der Waals surface area contributed by atoms with Crippen LogP contribution in [0.5, 0.6) is 0 Å². The molecule has 142 valence electrons. The largest absolute Gasteiger partial charge is 0.342 e. The summed E-state index contributed by atoms with van der Waals surface area (Å²) >= 11 is 0. The van der Waals surface area contributed by atoms with Crippen molar-refractivity contribution in [2.75, 3.05) is 33.7 Å². The number of likely N-dealkylation sites (N-methyl/N-ethyl adjacent to an activating group) is 1. The average Bonchev–Trinajstić information content (AvgIpc) is 3.26. The third-order valence-corrected chi connectivity index (χ3v) is 5.37. The molecule has 3 heterocycles. The number of carbonyl (C=O) groups excluding carboxylic acids is 1. The van der Waals surface area contributed by atoms with Crippen LogP contribution in [-0.2, 0) is 11.3 Å². The number of amides is 1. The molecule has 26 heavy (non-hydrogen) atoms. The van der Waals surface area contributed by atoms with E-state index >= 15 is 0 Å². The van der Waals surface area contributed by atoms with Crippen molar-refractivity contribution in [3.05, 3.63) is 18.1 Å². The van der Waals surface area contributed by atoms with E-state index in [4.69, 9.17) is 5.10 Å². The molecule has 7 nitrogen and oxygen atoms in total. The predicted molar refractivity (Wildman–Crippen MR) is 102 cm³/mol. The maximum Gasteiger partial charge on any atom is 0.225 e. The SMILES string of the molecule is CCC(CC)C(=O)N1CCC(c2nn(CCN(C)C)c3nccnc23)C1. The fourth-order valence-electron chi connectivity index (χ4n) is 3.73. The summed E-state index contributed by atoms with van der Waals surface area (Å²) in [6, 6.07) is 0. The van der Waals surface area contributed by atoms with Crippen LogP contribution in [0, 0.1) is 5.92 Å². The number of nitrogens with zero attached hydrogens (tertiary/aromatic N) is 6. The summed E-state index contributed by atoms with van der Waals surface area (Å²) in [4.78, 5) is 25.9. The van der Waals surface area contributed by atoms with E-state index in [0.717, 1.165) is 62.3 Å². The van der Waals surface area contributed by atoms with Gasteiger partial charge in [-0.3, -0.25) is 4.79 Å². The highest BCUT2D eigenvalue weighted by atomic mass is 16.2. The second-order valence-corrected chi connectivity index (χ2v) is 7.42. The third kappa shape index (κ3) is 3.72. The van der Waals surface area contributed by atoms with E-state index in [1.165, 1.54) is 0 Å². The molecule has 0 aromatic carbocycles. The highest BCUT2D eigenvalue weighted by molar-refractivity contribution is 5.79. The summed E-state index contributed by atoms with van der Waals surface area (Å²) in [5.74, 6) is 0.677. The molecule has 2 aromatic rings. The molecule has 0 spiro atoms. The lowest BCUT2D eigenvalue weighted by molar-refractivity contribution is -0.134. The summed E-state index contributed by atoms with van der Waals surface area (Å²) in [6.45, 7) is 7.42. The van der Waals surface area contributed by atoms with Crippen molar-refractivity contribution >= 4 is 17.1 Å². The maximum atomic E-state index is 12.7. The maximum absolute atomic E-state index is 12.7. The van der Waals surface area contributed by atoms with E-state index in [0.29, 0.717) is 5.91 Å². The summed E-state index contributed by atoms with van der Waals surface area (Å²) < 4.78 is 1.96. The molecule has 0 aliphatic carbocycles. The number of carbonyl (C=O) groups is 1. The lowest BCUT2D eigenvalue weighted by atomic mass is 10.0. The minimum atomic E-state index is 0.142. The van der Waals surface area contributed by atoms with Crippen molar-refractivity contribution in [1.82, 2.24) is 29.5 Å². The molecule has 1 atom stereocenters. The molecule has 1 aliphatic rings. The normalized spacial score (nSPS) is 17.8. The Morgan fingerprint density at radius 3 is 2.69 bits per heavy atom. The smallest absolute Gasteiger partial charge is 0.225 e. The van der Waals surface area contributed by atoms with Crippen LogP contribution in [0.25, 0.3) is 11.2 Å². The van der Waals surface area contributed by atoms with Crippen molar-refractivity contribution in [3.63, 3.8) is 0 Å². The second-order valence-electron chi connectivity index (χ2n) is 7.42. The van der Waals surface area contributed by atoms with Crippen LogP contribution >= 0.6 is 0 Å². The Labute approximate surface area is 155 Å². The van der Waals surface area contributed by atoms with E-state index < -0.39 is 0 Å². The molecule has 7 heteroatoms. The third-order valence-electron chi connectivity index (χ3n) is 5.37. The molecule has 2 aromatic heterocycles. The molecule has 1 fully saturated rings. The van der Waals surface area contributed by atoms with Crippen molar-refractivity contribution < 1.29 is 4.79 Å². The summed E-state index contributed by atoms with van der Waals surface area (Å²) in [7, 11) is 4.10. The van der Waals surface area contributed by atoms with Gasteiger partial charge < -0.3 is 9.80 Å². The van der Waals surface area contributed by atoms with Gasteiger partial charge in [-0.15, -0.1) is 0 Å². The molecule has 0 N–H and O–H groups in total. The molecule has 0 saturated carbocycles. The van der Waals surface area contributed by atoms with E-state index in [2.05, 4.69) is 42.8 Å². The van der Waals surface area contributed by atoms with Crippen LogP contribution in [0.2, 0.25) is 0 Å². The molecular weight excluding hydrogens is 328 g/mol. The highest BCUT2D eigenvalue weighted by Crippen LogP contribution is 2.31. The Balaban J connectivity index is 1.81. The quantitative estimate of drug-likeness (QED) is 0.759. The number of fused-ring (bicyclic) bond motifs is 1. The zero-order valence-corrected chi connectivity index (χ0v) is 16.4. The molecule has 1 saturated heterocycles. The number of hydrogen-bond donors (Lipinski definition) is 0. The van der Waals surface area contributed by atoms with Gasteiger partial charge in [0.25, 0.3) is 0 Å². The standard InChI is InChI=1S/C19H30N6O/c1-5-14(6-2)19(26)24-10-7-15(13-24)16-17-18(21-9-8-20-17)25(22-16)12-11-23(3)4/h8-9,14-15H,5-7,10-13H2,1-4H3. The lowest BCUT2D eigenvalue weighted by Gasteiger charge is -2.21. The fraction of sp³-hybridized carbons (Fsp3) is 0.684. The lowest BCUT2D eigenvalue weighted by Crippen LogP contribution is -2.33. The molecule has 1 amide bonds. The topological polar surface area (TPSA) is 67.2 Å². The summed E-state index contributed by atoms with van der Waals surface area (Å²) in [6.07, 6.45) is 6.21. The van der Waals surface area contributed by atoms with Gasteiger partial charge in [-0.1, -0.05) is 13.8 Å². The number of hydrogen-bond acceptors (Lipinski definition) is 5. The Hall–Kier alpha value is -2.02. The van der Waals surface area contributed by atoms with Gasteiger partial charge in [0.1, 0.15) is 5.52 Å². The van der Waals surface area contributed by atoms with Crippen molar-refractivity contribution in [1.29, 1.82) is 0 Å². The van der Waals surface area contributed by atoms with Gasteiger partial charge in [-0.25, -0.2) is 14.6 Å². The van der Waals surface area contributed by atoms with Gasteiger partial charge in [-0.2, -0.15) is 5.10 Å². The Kier molecular flexibility index (Phi) is 5.86. The number of likely N-dealkylation sites (tertiary alicyclic amines) is 1. The van der Waals surface area contributed by atoms with Crippen molar-refractivity contribution in [3.8, 4) is 0 Å². The monoisotopic (exact) mass is 358 g/mol. The van der Waals surface area contributed by atoms with E-state index in [-0.39, 0.29) is 11.8 Å². The zero-order chi connectivity index (χ0) is 18.7. The van der Waals surface area contributed by atoms with Crippen molar-refractivity contribution in [2.45, 2.75) is 45.6 Å². The first-order valence-electron chi connectivity index (χ1n) is 9.66. The van der Waals surface area contributed by atoms with Crippen LogP contribution in [0.15, 0.2) is 12.4 Å². The Morgan fingerprint density at radius 1 is 1.27 bits per heavy atom. The summed E-state index contributed by atoms with van der Waals surface area (Å²) in [5.41, 5.74) is 2.72. The second kappa shape index (κ2) is 8.12. The number of rotatable bonds is 7.